The highest BCUT2D eigenvalue weighted by Crippen LogP contribution is 2.24. The Hall–Kier alpha value is -2.32. The number of hydrogen-bond donors (Lipinski definition) is 3. The molecular weight excluding hydrogens is 278 g/mol. The fraction of sp³-hybridized carbons (Fsp3) is 0.385. The van der Waals surface area contributed by atoms with Crippen LogP contribution in [0.1, 0.15) is 0 Å². The number of ether oxygens (including phenoxy) is 3. The monoisotopic (exact) mass is 295 g/mol. The lowest BCUT2D eigenvalue weighted by atomic mass is 10.2. The third kappa shape index (κ3) is 4.33. The number of nitrogens with one attached hydrogen (secondary N) is 1. The van der Waals surface area contributed by atoms with Crippen molar-refractivity contribution >= 4 is 17.4 Å². The summed E-state index contributed by atoms with van der Waals surface area (Å²) in [6.45, 7) is 1.01. The van der Waals surface area contributed by atoms with Gasteiger partial charge < -0.3 is 30.5 Å². The summed E-state index contributed by atoms with van der Waals surface area (Å²) in [6, 6.07) is 6.85. The topological polar surface area (TPSA) is 115 Å². The maximum absolute atomic E-state index is 12.1. The van der Waals surface area contributed by atoms with Crippen molar-refractivity contribution in [3.8, 4) is 5.75 Å². The number of hydrogen-bond acceptors (Lipinski definition) is 6. The average molecular weight is 295 g/mol. The van der Waals surface area contributed by atoms with Gasteiger partial charge in [0.25, 0.3) is 5.91 Å². The highest BCUT2D eigenvalue weighted by molar-refractivity contribution is 5.95. The largest absolute Gasteiger partial charge is 0.483 e. The number of para-hydroxylation sites is 2. The van der Waals surface area contributed by atoms with Crippen molar-refractivity contribution in [1.82, 2.24) is 0 Å². The lowest BCUT2D eigenvalue weighted by Crippen LogP contribution is -2.39. The third-order valence-corrected chi connectivity index (χ3v) is 2.76. The summed E-state index contributed by atoms with van der Waals surface area (Å²) in [5, 5.41) is 14.0. The zero-order chi connectivity index (χ0) is 15.1. The number of carbonyl (C=O) groups is 1. The molecule has 2 rings (SSSR count). The first kappa shape index (κ1) is 15.1. The van der Waals surface area contributed by atoms with Crippen LogP contribution >= 0.6 is 0 Å². The van der Waals surface area contributed by atoms with Gasteiger partial charge in [0.05, 0.1) is 25.5 Å². The number of nitrogens with zero attached hydrogens (tertiary/aromatic N) is 1. The molecule has 0 spiro atoms. The lowest BCUT2D eigenvalue weighted by Gasteiger charge is -2.22. The minimum atomic E-state index is -0.643. The van der Waals surface area contributed by atoms with E-state index in [0.29, 0.717) is 24.7 Å². The van der Waals surface area contributed by atoms with Crippen molar-refractivity contribution in [2.45, 2.75) is 6.10 Å². The summed E-state index contributed by atoms with van der Waals surface area (Å²) in [4.78, 5) is 12.1. The van der Waals surface area contributed by atoms with Gasteiger partial charge >= 0.3 is 0 Å². The van der Waals surface area contributed by atoms with Crippen molar-refractivity contribution in [1.29, 1.82) is 0 Å². The Bertz CT molecular complexity index is 514. The maximum atomic E-state index is 12.1. The molecule has 0 aliphatic carbocycles. The molecule has 0 bridgehead atoms. The van der Waals surface area contributed by atoms with Gasteiger partial charge in [0.15, 0.2) is 11.9 Å². The van der Waals surface area contributed by atoms with Crippen LogP contribution in [0, 0.1) is 0 Å². The Morgan fingerprint density at radius 1 is 1.48 bits per heavy atom. The zero-order valence-electron chi connectivity index (χ0n) is 11.3. The molecule has 1 saturated heterocycles. The van der Waals surface area contributed by atoms with Crippen LogP contribution < -0.4 is 15.8 Å². The van der Waals surface area contributed by atoms with E-state index in [9.17, 15) is 4.79 Å². The van der Waals surface area contributed by atoms with Gasteiger partial charge in [-0.1, -0.05) is 17.3 Å². The van der Waals surface area contributed by atoms with Crippen molar-refractivity contribution < 1.29 is 24.2 Å². The number of amidine groups is 1. The Labute approximate surface area is 121 Å². The number of nitrogens with two attached hydrogens (primary N) is 1. The first-order valence-corrected chi connectivity index (χ1v) is 6.39. The quantitative estimate of drug-likeness (QED) is 0.308. The standard InChI is InChI=1S/C13H17N3O5/c14-12(16-18)8-21-10-4-2-1-3-9(10)15-13(17)11-7-19-5-6-20-11/h1-4,11,18H,5-8H2,(H2,14,16)(H,15,17). The predicted octanol–water partition coefficient (Wildman–Crippen LogP) is 0.166. The number of rotatable bonds is 5. The molecule has 1 fully saturated rings. The lowest BCUT2D eigenvalue weighted by molar-refractivity contribution is -0.142. The zero-order valence-corrected chi connectivity index (χ0v) is 11.3. The van der Waals surface area contributed by atoms with Gasteiger partial charge in [-0.3, -0.25) is 4.79 Å². The molecule has 1 atom stereocenters. The molecule has 1 amide bonds. The summed E-state index contributed by atoms with van der Waals surface area (Å²) >= 11 is 0. The second kappa shape index (κ2) is 7.46. The van der Waals surface area contributed by atoms with E-state index in [2.05, 4.69) is 10.5 Å². The van der Waals surface area contributed by atoms with Crippen molar-refractivity contribution in [3.63, 3.8) is 0 Å². The first-order valence-electron chi connectivity index (χ1n) is 6.39. The number of amides is 1. The van der Waals surface area contributed by atoms with Crippen molar-refractivity contribution in [2.75, 3.05) is 31.7 Å². The molecule has 21 heavy (non-hydrogen) atoms. The summed E-state index contributed by atoms with van der Waals surface area (Å²) in [6.07, 6.45) is -0.643. The molecule has 1 aromatic carbocycles. The molecule has 1 aliphatic heterocycles. The molecule has 1 unspecified atom stereocenters. The number of carbonyl (C=O) groups excluding carboxylic acids is 1. The van der Waals surface area contributed by atoms with E-state index in [1.54, 1.807) is 24.3 Å². The number of anilines is 1. The van der Waals surface area contributed by atoms with Crippen molar-refractivity contribution in [2.24, 2.45) is 10.9 Å². The van der Waals surface area contributed by atoms with Gasteiger partial charge in [-0.15, -0.1) is 0 Å². The minimum absolute atomic E-state index is 0.0693. The van der Waals surface area contributed by atoms with Crippen LogP contribution in [0.25, 0.3) is 0 Å². The molecular formula is C13H17N3O5. The van der Waals surface area contributed by atoms with Crippen LogP contribution in [0.3, 0.4) is 0 Å². The second-order valence-corrected chi connectivity index (χ2v) is 4.30. The van der Waals surface area contributed by atoms with Crippen LogP contribution in [0.5, 0.6) is 5.75 Å². The molecule has 8 heteroatoms. The summed E-state index contributed by atoms with van der Waals surface area (Å²) in [5.74, 6) is 0.0314. The fourth-order valence-corrected chi connectivity index (χ4v) is 1.73. The maximum Gasteiger partial charge on any atom is 0.256 e. The third-order valence-electron chi connectivity index (χ3n) is 2.76. The molecule has 4 N–H and O–H groups in total. The molecule has 0 aromatic heterocycles. The van der Waals surface area contributed by atoms with Crippen LogP contribution in [-0.4, -0.2) is 49.5 Å². The molecule has 1 aromatic rings. The van der Waals surface area contributed by atoms with E-state index in [-0.39, 0.29) is 25.0 Å². The SMILES string of the molecule is NC(COc1ccccc1NC(=O)C1COCCO1)=NO. The molecule has 1 aliphatic rings. The van der Waals surface area contributed by atoms with Crippen LogP contribution in [0.4, 0.5) is 5.69 Å². The normalized spacial score (nSPS) is 19.0. The summed E-state index contributed by atoms with van der Waals surface area (Å²) in [7, 11) is 0. The van der Waals surface area contributed by atoms with E-state index < -0.39 is 6.10 Å². The van der Waals surface area contributed by atoms with Gasteiger partial charge in [0, 0.05) is 0 Å². The smallest absolute Gasteiger partial charge is 0.256 e. The minimum Gasteiger partial charge on any atom is -0.483 e. The fourth-order valence-electron chi connectivity index (χ4n) is 1.73. The highest BCUT2D eigenvalue weighted by atomic mass is 16.6. The Kier molecular flexibility index (Phi) is 5.35. The molecule has 0 saturated carbocycles. The predicted molar refractivity (Wildman–Crippen MR) is 74.5 cm³/mol. The van der Waals surface area contributed by atoms with Gasteiger partial charge in [-0.25, -0.2) is 0 Å². The Balaban J connectivity index is 2.00. The van der Waals surface area contributed by atoms with Gasteiger partial charge in [-0.2, -0.15) is 0 Å². The first-order chi connectivity index (χ1) is 10.2. The van der Waals surface area contributed by atoms with Crippen LogP contribution in [0.2, 0.25) is 0 Å². The number of benzene rings is 1. The Morgan fingerprint density at radius 3 is 3.00 bits per heavy atom. The Morgan fingerprint density at radius 2 is 2.29 bits per heavy atom. The molecule has 8 nitrogen and oxygen atoms in total. The van der Waals surface area contributed by atoms with Crippen molar-refractivity contribution in [3.05, 3.63) is 24.3 Å². The highest BCUT2D eigenvalue weighted by Gasteiger charge is 2.23. The van der Waals surface area contributed by atoms with E-state index in [4.69, 9.17) is 25.2 Å². The van der Waals surface area contributed by atoms with E-state index in [1.807, 2.05) is 0 Å². The van der Waals surface area contributed by atoms with E-state index in [1.165, 1.54) is 0 Å². The van der Waals surface area contributed by atoms with E-state index >= 15 is 0 Å². The summed E-state index contributed by atoms with van der Waals surface area (Å²) in [5.41, 5.74) is 5.81. The molecule has 114 valence electrons. The van der Waals surface area contributed by atoms with Crippen LogP contribution in [-0.2, 0) is 14.3 Å². The second-order valence-electron chi connectivity index (χ2n) is 4.30. The van der Waals surface area contributed by atoms with E-state index in [0.717, 1.165) is 0 Å². The van der Waals surface area contributed by atoms with Crippen LogP contribution in [0.15, 0.2) is 29.4 Å². The summed E-state index contributed by atoms with van der Waals surface area (Å²) < 4.78 is 15.9. The molecule has 1 heterocycles. The average Bonchev–Trinajstić information content (AvgIpc) is 2.54. The van der Waals surface area contributed by atoms with Gasteiger partial charge in [0.2, 0.25) is 0 Å². The number of oxime groups is 1. The molecule has 0 radical (unpaired) electrons. The van der Waals surface area contributed by atoms with Gasteiger partial charge in [-0.05, 0) is 12.1 Å². The van der Waals surface area contributed by atoms with Gasteiger partial charge in [0.1, 0.15) is 12.4 Å².